The second-order valence-corrected chi connectivity index (χ2v) is 8.01. The number of rotatable bonds is 10. The topological polar surface area (TPSA) is 124 Å². The van der Waals surface area contributed by atoms with Gasteiger partial charge >= 0.3 is 0 Å². The van der Waals surface area contributed by atoms with Crippen LogP contribution in [0.5, 0.6) is 5.75 Å². The van der Waals surface area contributed by atoms with E-state index in [4.69, 9.17) is 16.2 Å². The van der Waals surface area contributed by atoms with E-state index in [0.29, 0.717) is 18.0 Å². The number of imide groups is 1. The zero-order chi connectivity index (χ0) is 21.4. The van der Waals surface area contributed by atoms with Gasteiger partial charge in [0.25, 0.3) is 5.91 Å². The molecule has 0 unspecified atom stereocenters. The molecule has 0 fully saturated rings. The highest BCUT2D eigenvalue weighted by Gasteiger charge is 2.32. The van der Waals surface area contributed by atoms with E-state index in [0.717, 1.165) is 29.1 Å². The van der Waals surface area contributed by atoms with Crippen molar-refractivity contribution in [2.75, 3.05) is 18.6 Å². The number of nitrogens with zero attached hydrogens (tertiary/aromatic N) is 3. The average Bonchev–Trinajstić information content (AvgIpc) is 3.20. The molecule has 0 spiro atoms. The van der Waals surface area contributed by atoms with E-state index in [9.17, 15) is 9.59 Å². The Kier molecular flexibility index (Phi) is 8.69. The average molecular weight is 420 g/mol. The lowest BCUT2D eigenvalue weighted by atomic mass is 10.0. The first-order chi connectivity index (χ1) is 13.9. The van der Waals surface area contributed by atoms with Crippen LogP contribution < -0.4 is 21.1 Å². The number of benzene rings is 1. The highest BCUT2D eigenvalue weighted by Crippen LogP contribution is 2.31. The minimum Gasteiger partial charge on any atom is -0.497 e. The summed E-state index contributed by atoms with van der Waals surface area (Å²) in [7, 11) is 1.60. The molecule has 4 N–H and O–H groups in total. The third kappa shape index (κ3) is 6.06. The van der Waals surface area contributed by atoms with E-state index in [1.54, 1.807) is 7.11 Å². The van der Waals surface area contributed by atoms with Crippen LogP contribution in [0.1, 0.15) is 39.5 Å². The molecule has 29 heavy (non-hydrogen) atoms. The summed E-state index contributed by atoms with van der Waals surface area (Å²) in [5.74, 6) is -0.156. The largest absolute Gasteiger partial charge is 0.497 e. The standard InChI is InChI=1S/C20H29N5O3S/c1-13(2)17(22)19(27)25(16(26)7-5-4-6-12-21)20-24-23-18(29-20)14-8-10-15(28-3)11-9-14/h8-11,13,17H,4-7,12,21-22H2,1-3H3/t17-/m0/s1. The number of ether oxygens (including phenoxy) is 1. The first kappa shape index (κ1) is 22.9. The normalized spacial score (nSPS) is 12.1. The summed E-state index contributed by atoms with van der Waals surface area (Å²) < 4.78 is 5.16. The van der Waals surface area contributed by atoms with Gasteiger partial charge in [-0.2, -0.15) is 0 Å². The molecule has 2 amide bonds. The number of carbonyl (C=O) groups is 2. The molecule has 0 aliphatic carbocycles. The van der Waals surface area contributed by atoms with E-state index in [2.05, 4.69) is 10.2 Å². The van der Waals surface area contributed by atoms with Crippen LogP contribution in [0.15, 0.2) is 24.3 Å². The van der Waals surface area contributed by atoms with Gasteiger partial charge in [0.05, 0.1) is 13.2 Å². The van der Waals surface area contributed by atoms with Crippen LogP contribution in [0.3, 0.4) is 0 Å². The molecule has 1 aromatic heterocycles. The summed E-state index contributed by atoms with van der Waals surface area (Å²) in [6.07, 6.45) is 2.55. The van der Waals surface area contributed by atoms with Crippen LogP contribution in [0, 0.1) is 5.92 Å². The molecule has 1 aromatic carbocycles. The van der Waals surface area contributed by atoms with E-state index >= 15 is 0 Å². The first-order valence-electron chi connectivity index (χ1n) is 9.69. The molecule has 0 aliphatic heterocycles. The van der Waals surface area contributed by atoms with Gasteiger partial charge in [-0.25, -0.2) is 4.90 Å². The predicted molar refractivity (Wildman–Crippen MR) is 115 cm³/mol. The van der Waals surface area contributed by atoms with Crippen molar-refractivity contribution >= 4 is 28.3 Å². The zero-order valence-electron chi connectivity index (χ0n) is 17.1. The van der Waals surface area contributed by atoms with Gasteiger partial charge in [-0.05, 0) is 49.6 Å². The van der Waals surface area contributed by atoms with Crippen LogP contribution in [0.4, 0.5) is 5.13 Å². The number of carbonyl (C=O) groups excluding carboxylic acids is 2. The van der Waals surface area contributed by atoms with Crippen molar-refractivity contribution in [2.24, 2.45) is 17.4 Å². The first-order valence-corrected chi connectivity index (χ1v) is 10.5. The van der Waals surface area contributed by atoms with Gasteiger partial charge in [0.15, 0.2) is 0 Å². The molecule has 9 heteroatoms. The maximum Gasteiger partial charge on any atom is 0.252 e. The number of anilines is 1. The maximum atomic E-state index is 12.9. The van der Waals surface area contributed by atoms with E-state index in [1.165, 1.54) is 11.3 Å². The Hall–Kier alpha value is -2.36. The molecule has 0 saturated heterocycles. The number of unbranched alkanes of at least 4 members (excludes halogenated alkanes) is 2. The summed E-state index contributed by atoms with van der Waals surface area (Å²) in [6.45, 7) is 4.27. The second kappa shape index (κ2) is 11.0. The number of nitrogens with two attached hydrogens (primary N) is 2. The Morgan fingerprint density at radius 1 is 1.14 bits per heavy atom. The summed E-state index contributed by atoms with van der Waals surface area (Å²) in [5, 5.41) is 9.12. The molecule has 1 heterocycles. The predicted octanol–water partition coefficient (Wildman–Crippen LogP) is 2.58. The Morgan fingerprint density at radius 2 is 1.83 bits per heavy atom. The maximum absolute atomic E-state index is 12.9. The van der Waals surface area contributed by atoms with Crippen molar-refractivity contribution in [1.82, 2.24) is 10.2 Å². The fourth-order valence-electron chi connectivity index (χ4n) is 2.62. The molecule has 2 aromatic rings. The van der Waals surface area contributed by atoms with Crippen molar-refractivity contribution < 1.29 is 14.3 Å². The highest BCUT2D eigenvalue weighted by atomic mass is 32.1. The lowest BCUT2D eigenvalue weighted by Gasteiger charge is -2.23. The summed E-state index contributed by atoms with van der Waals surface area (Å²) >= 11 is 1.18. The van der Waals surface area contributed by atoms with Crippen molar-refractivity contribution in [3.8, 4) is 16.3 Å². The fraction of sp³-hybridized carbons (Fsp3) is 0.500. The van der Waals surface area contributed by atoms with Crippen LogP contribution >= 0.6 is 11.3 Å². The van der Waals surface area contributed by atoms with Crippen LogP contribution in [0.2, 0.25) is 0 Å². The highest BCUT2D eigenvalue weighted by molar-refractivity contribution is 7.18. The van der Waals surface area contributed by atoms with E-state index < -0.39 is 11.9 Å². The lowest BCUT2D eigenvalue weighted by Crippen LogP contribution is -2.49. The third-order valence-electron chi connectivity index (χ3n) is 4.51. The van der Waals surface area contributed by atoms with Crippen LogP contribution in [0.25, 0.3) is 10.6 Å². The number of aromatic nitrogens is 2. The van der Waals surface area contributed by atoms with Crippen molar-refractivity contribution in [2.45, 2.75) is 45.6 Å². The summed E-state index contributed by atoms with van der Waals surface area (Å²) in [5.41, 5.74) is 12.4. The van der Waals surface area contributed by atoms with Gasteiger partial charge in [-0.15, -0.1) is 10.2 Å². The van der Waals surface area contributed by atoms with E-state index in [1.807, 2.05) is 38.1 Å². The Morgan fingerprint density at radius 3 is 2.41 bits per heavy atom. The molecule has 2 rings (SSSR count). The van der Waals surface area contributed by atoms with Gasteiger partial charge in [0.2, 0.25) is 11.0 Å². The third-order valence-corrected chi connectivity index (χ3v) is 5.47. The number of hydrogen-bond acceptors (Lipinski definition) is 8. The number of hydrogen-bond donors (Lipinski definition) is 2. The van der Waals surface area contributed by atoms with Crippen molar-refractivity contribution in [3.63, 3.8) is 0 Å². The Balaban J connectivity index is 2.26. The smallest absolute Gasteiger partial charge is 0.252 e. The minimum absolute atomic E-state index is 0.107. The molecule has 1 atom stereocenters. The fourth-order valence-corrected chi connectivity index (χ4v) is 3.50. The van der Waals surface area contributed by atoms with Crippen molar-refractivity contribution in [1.29, 1.82) is 0 Å². The second-order valence-electron chi connectivity index (χ2n) is 7.05. The van der Waals surface area contributed by atoms with Crippen LogP contribution in [-0.4, -0.2) is 41.7 Å². The van der Waals surface area contributed by atoms with Crippen molar-refractivity contribution in [3.05, 3.63) is 24.3 Å². The molecular weight excluding hydrogens is 390 g/mol. The van der Waals surface area contributed by atoms with Gasteiger partial charge in [0, 0.05) is 12.0 Å². The number of amides is 2. The lowest BCUT2D eigenvalue weighted by molar-refractivity contribution is -0.127. The zero-order valence-corrected chi connectivity index (χ0v) is 17.9. The molecule has 158 valence electrons. The van der Waals surface area contributed by atoms with Gasteiger partial charge < -0.3 is 16.2 Å². The SMILES string of the molecule is COc1ccc(-c2nnc(N(C(=O)CCCCCN)C(=O)[C@@H](N)C(C)C)s2)cc1. The minimum atomic E-state index is -0.795. The molecule has 0 radical (unpaired) electrons. The number of methoxy groups -OCH3 is 1. The monoisotopic (exact) mass is 419 g/mol. The Labute approximate surface area is 175 Å². The Bertz CT molecular complexity index is 807. The molecule has 8 nitrogen and oxygen atoms in total. The van der Waals surface area contributed by atoms with Crippen LogP contribution in [-0.2, 0) is 9.59 Å². The molecule has 0 bridgehead atoms. The molecule has 0 aliphatic rings. The summed E-state index contributed by atoms with van der Waals surface area (Å²) in [4.78, 5) is 26.9. The molecular formula is C20H29N5O3S. The quantitative estimate of drug-likeness (QED) is 0.567. The van der Waals surface area contributed by atoms with Gasteiger partial charge in [0.1, 0.15) is 10.8 Å². The van der Waals surface area contributed by atoms with Gasteiger partial charge in [-0.3, -0.25) is 9.59 Å². The molecule has 0 saturated carbocycles. The summed E-state index contributed by atoms with van der Waals surface area (Å²) in [6, 6.07) is 6.54. The van der Waals surface area contributed by atoms with Gasteiger partial charge in [-0.1, -0.05) is 31.6 Å². The van der Waals surface area contributed by atoms with E-state index in [-0.39, 0.29) is 23.4 Å².